The van der Waals surface area contributed by atoms with Crippen molar-refractivity contribution in [1.82, 2.24) is 62.4 Å². The maximum atomic E-state index is 13.6. The number of pyridine rings is 5. The van der Waals surface area contributed by atoms with Crippen molar-refractivity contribution in [2.75, 3.05) is 36.8 Å². The molecule has 0 atom stereocenters. The molecule has 710 valence electrons. The number of thioether (sulfide) groups is 1. The van der Waals surface area contributed by atoms with Gasteiger partial charge in [-0.25, -0.2) is 0 Å². The first kappa shape index (κ1) is 103. The number of rotatable bonds is 32. The lowest BCUT2D eigenvalue weighted by atomic mass is 9.94. The Bertz CT molecular complexity index is 7170. The number of thiophene rings is 4. The SMILES string of the molecule is CC(C)(C)C(=O)n1nc(-c2cc(-c3ccccc3)cn(CC=O)c2=O)cc1SCc1ccc(Cl)s1.CC(C)(C)C(=O)n1nc(-c2ccc(O)n(CC=O)c2=O)cc1NCc1ccc(Cl)s1.COCC(C)(C)C(=O)n1nc(-c2ccc(OC)n(CC=O)c2=O)cc1NCc1ccc(Cl)s1.O=CCn1ccc(-c2ccccn2)c(-c2cc(NCc3ccc(Cl)s3)n(C(=O)c3ccc(CO)cc3)n2)c1=O. The molecule has 32 nitrogen and oxygen atoms in total. The molecule has 0 aliphatic carbocycles. The van der Waals surface area contributed by atoms with Crippen LogP contribution in [0, 0.1) is 16.2 Å². The molecule has 0 unspecified atom stereocenters. The molecule has 15 rings (SSSR count). The van der Waals surface area contributed by atoms with Crippen LogP contribution in [0.1, 0.15) is 105 Å². The van der Waals surface area contributed by atoms with E-state index in [1.54, 1.807) is 156 Å². The predicted octanol–water partition coefficient (Wildman–Crippen LogP) is 17.9. The van der Waals surface area contributed by atoms with Crippen LogP contribution in [0.3, 0.4) is 0 Å². The molecule has 13 aromatic heterocycles. The average molecular weight is 2030 g/mol. The van der Waals surface area contributed by atoms with Crippen LogP contribution in [-0.4, -0.2) is 142 Å². The van der Waals surface area contributed by atoms with E-state index < -0.39 is 38.8 Å². The molecule has 0 aliphatic rings. The van der Waals surface area contributed by atoms with Crippen LogP contribution >= 0.6 is 104 Å². The molecule has 5 N–H and O–H groups in total. The topological polar surface area (TPSA) is 404 Å². The monoisotopic (exact) mass is 2020 g/mol. The highest BCUT2D eigenvalue weighted by atomic mass is 35.5. The fourth-order valence-corrected chi connectivity index (χ4v) is 18.8. The van der Waals surface area contributed by atoms with E-state index in [1.807, 2.05) is 81.4 Å². The zero-order valence-corrected chi connectivity index (χ0v) is 82.5. The first-order valence-corrected chi connectivity index (χ1v) is 47.8. The Kier molecular flexibility index (Phi) is 34.6. The molecule has 0 amide bonds. The number of aromatic hydroxyl groups is 1. The molecule has 0 bridgehead atoms. The van der Waals surface area contributed by atoms with Gasteiger partial charge in [0.2, 0.25) is 0 Å². The van der Waals surface area contributed by atoms with Gasteiger partial charge in [0.05, 0.1) is 123 Å². The van der Waals surface area contributed by atoms with Gasteiger partial charge in [-0.15, -0.1) is 57.1 Å². The summed E-state index contributed by atoms with van der Waals surface area (Å²) in [4.78, 5) is 158. The van der Waals surface area contributed by atoms with Gasteiger partial charge in [0, 0.05) is 91.1 Å². The number of carbonyl (C=O) groups is 8. The third-order valence-corrected chi connectivity index (χ3v) is 26.6. The van der Waals surface area contributed by atoms with Crippen molar-refractivity contribution in [2.24, 2.45) is 16.2 Å². The van der Waals surface area contributed by atoms with Crippen LogP contribution < -0.4 is 42.9 Å². The molecule has 0 aliphatic heterocycles. The lowest BCUT2D eigenvalue weighted by Gasteiger charge is -2.22. The summed E-state index contributed by atoms with van der Waals surface area (Å²) in [6, 6.07) is 52.3. The summed E-state index contributed by atoms with van der Waals surface area (Å²) in [5, 5.41) is 47.4. The Balaban J connectivity index is 0.000000165. The highest BCUT2D eigenvalue weighted by Gasteiger charge is 2.35. The Morgan fingerprint density at radius 3 is 1.45 bits per heavy atom. The molecule has 13 heterocycles. The molecule has 137 heavy (non-hydrogen) atoms. The maximum absolute atomic E-state index is 13.6. The third-order valence-electron chi connectivity index (χ3n) is 20.5. The number of carbonyl (C=O) groups excluding carboxylic acids is 8. The van der Waals surface area contributed by atoms with Crippen molar-refractivity contribution in [1.29, 1.82) is 0 Å². The first-order valence-electron chi connectivity index (χ1n) is 42.0. The molecule has 2 aromatic carbocycles. The number of aldehydes is 4. The predicted molar refractivity (Wildman–Crippen MR) is 536 cm³/mol. The summed E-state index contributed by atoms with van der Waals surface area (Å²) >= 11 is 31.3. The fraction of sp³-hybridized carbons (Fsp3) is 0.240. The van der Waals surface area contributed by atoms with Gasteiger partial charge in [0.25, 0.3) is 45.9 Å². The minimum absolute atomic E-state index is 0.0745. The van der Waals surface area contributed by atoms with Crippen molar-refractivity contribution >= 4 is 170 Å². The number of methoxy groups -OCH3 is 2. The third kappa shape index (κ3) is 25.4. The summed E-state index contributed by atoms with van der Waals surface area (Å²) in [5.74, 6) is 0.571. The van der Waals surface area contributed by atoms with Gasteiger partial charge < -0.3 is 63.9 Å². The quantitative estimate of drug-likeness (QED) is 0.0193. The van der Waals surface area contributed by atoms with Crippen molar-refractivity contribution in [2.45, 2.75) is 119 Å². The first-order chi connectivity index (χ1) is 65.5. The smallest absolute Gasteiger partial charge is 0.280 e. The molecule has 0 spiro atoms. The zero-order valence-electron chi connectivity index (χ0n) is 75.4. The number of ether oxygens (including phenoxy) is 2. The standard InChI is InChI=1S/C28H22ClN5O4S.C26H24ClN3O3S2.C22H25ClN4O5S.C20H21ClN4O4S/c29-24-9-8-20(39-24)16-31-25-15-23(32-34(25)27(37)19-6-4-18(17-36)5-7-19)26-21(22-3-1-2-11-30-22)10-12-33(13-14-35)28(26)38;1-26(2,3)25(33)30-23(34-16-19-9-10-22(27)35-19)14-21(28-30)20-13-18(17-7-5-4-6-8-17)15-29(11-12-31)24(20)32;1-22(2,13-31-3)21(30)27-18(24-12-14-5-7-17(23)33-14)11-16(25-27)15-6-8-19(32-4)26(9-10-28)20(15)29;1-20(2,3)19(29)25-16(22-11-12-4-6-15(21)30-12)10-14(23-25)13-5-7-17(27)24(8-9-26)18(13)28/h1-12,14-15,31,36H,13,16-17H2;4-10,12-15H,11,16H2,1-3H3;5-8,10-11,24H,9,12-13H2,1-4H3;4-7,9-10,22,27H,8,11H2,1-3H3. The number of hydrogen-bond donors (Lipinski definition) is 5. The molecular weight excluding hydrogens is 1940 g/mol. The second-order valence-corrected chi connectivity index (χ2v) is 41.2. The van der Waals surface area contributed by atoms with E-state index in [9.17, 15) is 67.7 Å². The van der Waals surface area contributed by atoms with Gasteiger partial charge in [-0.3, -0.25) is 52.5 Å². The second-order valence-electron chi connectivity index (χ2n) is 33.0. The van der Waals surface area contributed by atoms with E-state index >= 15 is 0 Å². The molecule has 0 fully saturated rings. The number of hydrogen-bond acceptors (Lipinski definition) is 29. The van der Waals surface area contributed by atoms with Gasteiger partial charge in [-0.1, -0.05) is 136 Å². The van der Waals surface area contributed by atoms with Crippen LogP contribution in [0.25, 0.3) is 67.4 Å². The summed E-state index contributed by atoms with van der Waals surface area (Å²) in [5.41, 5.74) is 1.82. The van der Waals surface area contributed by atoms with E-state index in [0.717, 1.165) is 35.2 Å². The number of nitrogens with one attached hydrogen (secondary N) is 3. The Morgan fingerprint density at radius 1 is 0.460 bits per heavy atom. The van der Waals surface area contributed by atoms with Crippen LogP contribution in [-0.2, 0) is 82.1 Å². The summed E-state index contributed by atoms with van der Waals surface area (Å²) in [7, 11) is 2.94. The number of anilines is 3. The van der Waals surface area contributed by atoms with Crippen molar-refractivity contribution < 1.29 is 58.0 Å². The number of nitrogens with zero attached hydrogens (tertiary/aromatic N) is 13. The minimum Gasteiger partial charge on any atom is -0.494 e. The number of halogens is 4. The molecule has 15 aromatic rings. The Morgan fingerprint density at radius 2 is 0.942 bits per heavy atom. The molecule has 41 heteroatoms. The summed E-state index contributed by atoms with van der Waals surface area (Å²) in [6.45, 7) is 14.9. The number of benzene rings is 2. The number of aliphatic hydroxyl groups excluding tert-OH is 1. The highest BCUT2D eigenvalue weighted by molar-refractivity contribution is 7.98. The summed E-state index contributed by atoms with van der Waals surface area (Å²) < 4.78 is 22.9. The molecule has 0 radical (unpaired) electrons. The second kappa shape index (κ2) is 46.1. The van der Waals surface area contributed by atoms with Gasteiger partial charge in [-0.2, -0.15) is 39.1 Å². The fourth-order valence-electron chi connectivity index (χ4n) is 13.6. The lowest BCUT2D eigenvalue weighted by molar-refractivity contribution is -0.109. The van der Waals surface area contributed by atoms with E-state index in [2.05, 4.69) is 41.3 Å². The van der Waals surface area contributed by atoms with Gasteiger partial charge in [0.15, 0.2) is 11.8 Å². The van der Waals surface area contributed by atoms with Crippen LogP contribution in [0.15, 0.2) is 225 Å². The van der Waals surface area contributed by atoms with Crippen LogP contribution in [0.5, 0.6) is 11.8 Å². The Hall–Kier alpha value is -13.2. The molecular formula is C96H92Cl4N16O16S5. The van der Waals surface area contributed by atoms with Gasteiger partial charge >= 0.3 is 0 Å². The van der Waals surface area contributed by atoms with Crippen LogP contribution in [0.4, 0.5) is 17.5 Å². The lowest BCUT2D eigenvalue weighted by Crippen LogP contribution is -2.35. The largest absolute Gasteiger partial charge is 0.494 e. The average Bonchev–Trinajstić information content (AvgIpc) is 1.68. The van der Waals surface area contributed by atoms with E-state index in [-0.39, 0.29) is 108 Å². The molecule has 0 saturated carbocycles. The van der Waals surface area contributed by atoms with Gasteiger partial charge in [0.1, 0.15) is 64.7 Å². The van der Waals surface area contributed by atoms with E-state index in [1.165, 1.54) is 122 Å². The van der Waals surface area contributed by atoms with Crippen LogP contribution in [0.2, 0.25) is 17.3 Å². The van der Waals surface area contributed by atoms with Crippen molar-refractivity contribution in [3.8, 4) is 79.2 Å². The van der Waals surface area contributed by atoms with Crippen molar-refractivity contribution in [3.05, 3.63) is 290 Å². The van der Waals surface area contributed by atoms with E-state index in [4.69, 9.17) is 55.9 Å². The maximum Gasteiger partial charge on any atom is 0.280 e. The summed E-state index contributed by atoms with van der Waals surface area (Å²) in [6.07, 6.45) is 7.29. The zero-order chi connectivity index (χ0) is 98.7. The highest BCUT2D eigenvalue weighted by Crippen LogP contribution is 2.38. The van der Waals surface area contributed by atoms with Crippen molar-refractivity contribution in [3.63, 3.8) is 0 Å². The normalized spacial score (nSPS) is 11.3. The van der Waals surface area contributed by atoms with Gasteiger partial charge in [-0.05, 0) is 146 Å². The Labute approximate surface area is 824 Å². The minimum atomic E-state index is -0.863. The number of aromatic nitrogens is 13. The van der Waals surface area contributed by atoms with E-state index in [0.29, 0.717) is 124 Å². The number of aliphatic hydroxyl groups is 1. The molecule has 0 saturated heterocycles.